The zero-order valence-corrected chi connectivity index (χ0v) is 17.8. The van der Waals surface area contributed by atoms with Crippen LogP contribution in [0, 0.1) is 6.92 Å². The Hall–Kier alpha value is -2.86. The Bertz CT molecular complexity index is 1240. The number of hydrogen-bond acceptors (Lipinski definition) is 3. The lowest BCUT2D eigenvalue weighted by atomic mass is 10.1. The van der Waals surface area contributed by atoms with Crippen molar-refractivity contribution in [1.29, 1.82) is 0 Å². The number of fused-ring (bicyclic) bond motifs is 1. The van der Waals surface area contributed by atoms with Gasteiger partial charge in [-0.3, -0.25) is 14.4 Å². The lowest BCUT2D eigenvalue weighted by Gasteiger charge is -2.17. The molecule has 8 heteroatoms. The maximum Gasteiger partial charge on any atom is 0.266 e. The third-order valence-corrected chi connectivity index (χ3v) is 5.70. The topological polar surface area (TPSA) is 66.5 Å². The van der Waals surface area contributed by atoms with Crippen LogP contribution in [0.4, 0.5) is 11.4 Å². The number of aryl methyl sites for hydroxylation is 1. The SMILES string of the molecule is Cc1cc(NC(=O)c2ccc(Cl)c(Cl)c2)ccc1N1C(=O)c2ccc(Cl)cc2C1=O. The van der Waals surface area contributed by atoms with Gasteiger partial charge in [0.05, 0.1) is 26.9 Å². The van der Waals surface area contributed by atoms with Crippen LogP contribution in [0.15, 0.2) is 54.6 Å². The molecular formula is C22H13Cl3N2O3. The van der Waals surface area contributed by atoms with Crippen molar-refractivity contribution in [3.05, 3.63) is 91.9 Å². The third kappa shape index (κ3) is 3.56. The molecule has 0 unspecified atom stereocenters. The number of anilines is 2. The molecule has 5 nitrogen and oxygen atoms in total. The Balaban J connectivity index is 1.60. The standard InChI is InChI=1S/C22H13Cl3N2O3/c1-11-8-14(26-20(28)12-2-6-17(24)18(25)9-12)4-7-19(11)27-21(29)15-5-3-13(23)10-16(15)22(27)30/h2-10H,1H3,(H,26,28). The lowest BCUT2D eigenvalue weighted by molar-refractivity contribution is 0.0924. The Morgan fingerprint density at radius 3 is 2.27 bits per heavy atom. The van der Waals surface area contributed by atoms with Gasteiger partial charge in [-0.15, -0.1) is 0 Å². The highest BCUT2D eigenvalue weighted by Crippen LogP contribution is 2.33. The van der Waals surface area contributed by atoms with Gasteiger partial charge < -0.3 is 5.32 Å². The first-order chi connectivity index (χ1) is 14.3. The van der Waals surface area contributed by atoms with Crippen LogP contribution < -0.4 is 10.2 Å². The summed E-state index contributed by atoms with van der Waals surface area (Å²) in [5.74, 6) is -1.22. The van der Waals surface area contributed by atoms with Crippen LogP contribution in [0.3, 0.4) is 0 Å². The van der Waals surface area contributed by atoms with E-state index in [4.69, 9.17) is 34.8 Å². The first-order valence-electron chi connectivity index (χ1n) is 8.81. The van der Waals surface area contributed by atoms with Gasteiger partial charge in [-0.2, -0.15) is 0 Å². The van der Waals surface area contributed by atoms with Crippen LogP contribution in [0.1, 0.15) is 36.6 Å². The highest BCUT2D eigenvalue weighted by Gasteiger charge is 2.37. The smallest absolute Gasteiger partial charge is 0.266 e. The Kier molecular flexibility index (Phi) is 5.28. The molecule has 0 aliphatic carbocycles. The van der Waals surface area contributed by atoms with E-state index in [9.17, 15) is 14.4 Å². The summed E-state index contributed by atoms with van der Waals surface area (Å²) in [6, 6.07) is 14.1. The van der Waals surface area contributed by atoms with Crippen molar-refractivity contribution in [3.63, 3.8) is 0 Å². The predicted molar refractivity (Wildman–Crippen MR) is 118 cm³/mol. The fraction of sp³-hybridized carbons (Fsp3) is 0.0455. The van der Waals surface area contributed by atoms with Crippen LogP contribution in [0.2, 0.25) is 15.1 Å². The highest BCUT2D eigenvalue weighted by molar-refractivity contribution is 6.42. The van der Waals surface area contributed by atoms with Gasteiger partial charge in [-0.25, -0.2) is 4.90 Å². The normalized spacial score (nSPS) is 12.9. The van der Waals surface area contributed by atoms with Crippen molar-refractivity contribution in [2.75, 3.05) is 10.2 Å². The number of nitrogens with zero attached hydrogens (tertiary/aromatic N) is 1. The molecule has 0 bridgehead atoms. The maximum absolute atomic E-state index is 12.8. The second kappa shape index (κ2) is 7.76. The summed E-state index contributed by atoms with van der Waals surface area (Å²) in [6.45, 7) is 1.75. The summed E-state index contributed by atoms with van der Waals surface area (Å²) in [5, 5.41) is 3.78. The number of rotatable bonds is 3. The van der Waals surface area contributed by atoms with Crippen molar-refractivity contribution in [1.82, 2.24) is 0 Å². The molecule has 1 heterocycles. The van der Waals surface area contributed by atoms with E-state index in [1.165, 1.54) is 12.1 Å². The molecule has 0 radical (unpaired) electrons. The fourth-order valence-electron chi connectivity index (χ4n) is 3.26. The number of hydrogen-bond donors (Lipinski definition) is 1. The molecule has 30 heavy (non-hydrogen) atoms. The number of benzene rings is 3. The first kappa shape index (κ1) is 20.4. The quantitative estimate of drug-likeness (QED) is 0.488. The predicted octanol–water partition coefficient (Wildman–Crippen LogP) is 6.01. The molecule has 0 saturated heterocycles. The molecule has 1 N–H and O–H groups in total. The molecule has 0 aromatic heterocycles. The minimum atomic E-state index is -0.437. The number of amides is 3. The molecule has 3 aromatic carbocycles. The summed E-state index contributed by atoms with van der Waals surface area (Å²) in [5.41, 5.74) is 2.51. The molecule has 150 valence electrons. The molecule has 3 aromatic rings. The second-order valence-electron chi connectivity index (χ2n) is 6.72. The second-order valence-corrected chi connectivity index (χ2v) is 7.97. The van der Waals surface area contributed by atoms with E-state index >= 15 is 0 Å². The fourth-order valence-corrected chi connectivity index (χ4v) is 3.73. The van der Waals surface area contributed by atoms with Gasteiger partial charge in [0.15, 0.2) is 0 Å². The van der Waals surface area contributed by atoms with Crippen LogP contribution in [-0.4, -0.2) is 17.7 Å². The average Bonchev–Trinajstić information content (AvgIpc) is 2.94. The highest BCUT2D eigenvalue weighted by atomic mass is 35.5. The average molecular weight is 460 g/mol. The molecule has 4 rings (SSSR count). The van der Waals surface area contributed by atoms with Gasteiger partial charge in [0, 0.05) is 16.3 Å². The van der Waals surface area contributed by atoms with Gasteiger partial charge in [0.2, 0.25) is 0 Å². The van der Waals surface area contributed by atoms with Gasteiger partial charge in [-0.05, 0) is 67.1 Å². The molecule has 3 amide bonds. The Morgan fingerprint density at radius 2 is 1.57 bits per heavy atom. The zero-order valence-electron chi connectivity index (χ0n) is 15.5. The molecule has 1 aliphatic heterocycles. The number of carbonyl (C=O) groups is 3. The summed E-state index contributed by atoms with van der Waals surface area (Å²) >= 11 is 17.8. The van der Waals surface area contributed by atoms with Crippen molar-refractivity contribution in [3.8, 4) is 0 Å². The van der Waals surface area contributed by atoms with E-state index < -0.39 is 11.8 Å². The lowest BCUT2D eigenvalue weighted by Crippen LogP contribution is -2.30. The van der Waals surface area contributed by atoms with E-state index in [1.807, 2.05) is 0 Å². The summed E-state index contributed by atoms with van der Waals surface area (Å²) < 4.78 is 0. The van der Waals surface area contributed by atoms with Crippen molar-refractivity contribution in [2.45, 2.75) is 6.92 Å². The molecule has 0 spiro atoms. The van der Waals surface area contributed by atoms with E-state index in [1.54, 1.807) is 49.4 Å². The van der Waals surface area contributed by atoms with Crippen molar-refractivity contribution >= 4 is 63.9 Å². The summed E-state index contributed by atoms with van der Waals surface area (Å²) in [7, 11) is 0. The monoisotopic (exact) mass is 458 g/mol. The zero-order chi connectivity index (χ0) is 21.6. The minimum Gasteiger partial charge on any atom is -0.322 e. The maximum atomic E-state index is 12.8. The summed E-state index contributed by atoms with van der Waals surface area (Å²) in [6.07, 6.45) is 0. The Labute approximate surface area is 187 Å². The van der Waals surface area contributed by atoms with Crippen LogP contribution in [-0.2, 0) is 0 Å². The van der Waals surface area contributed by atoms with Gasteiger partial charge in [0.1, 0.15) is 0 Å². The van der Waals surface area contributed by atoms with Crippen molar-refractivity contribution < 1.29 is 14.4 Å². The molecule has 0 fully saturated rings. The number of carbonyl (C=O) groups excluding carboxylic acids is 3. The van der Waals surface area contributed by atoms with Gasteiger partial charge in [-0.1, -0.05) is 34.8 Å². The Morgan fingerprint density at radius 1 is 0.833 bits per heavy atom. The van der Waals surface area contributed by atoms with E-state index in [-0.39, 0.29) is 16.5 Å². The molecular weight excluding hydrogens is 447 g/mol. The van der Waals surface area contributed by atoms with Crippen molar-refractivity contribution in [2.24, 2.45) is 0 Å². The molecule has 1 aliphatic rings. The summed E-state index contributed by atoms with van der Waals surface area (Å²) in [4.78, 5) is 39.1. The number of halogens is 3. The van der Waals surface area contributed by atoms with Crippen LogP contribution in [0.25, 0.3) is 0 Å². The number of nitrogens with one attached hydrogen (secondary N) is 1. The van der Waals surface area contributed by atoms with Crippen LogP contribution >= 0.6 is 34.8 Å². The number of imide groups is 1. The molecule has 0 atom stereocenters. The van der Waals surface area contributed by atoms with Crippen LogP contribution in [0.5, 0.6) is 0 Å². The van der Waals surface area contributed by atoms with E-state index in [2.05, 4.69) is 5.32 Å². The molecule has 0 saturated carbocycles. The van der Waals surface area contributed by atoms with E-state index in [0.29, 0.717) is 38.1 Å². The van der Waals surface area contributed by atoms with Gasteiger partial charge in [0.25, 0.3) is 17.7 Å². The largest absolute Gasteiger partial charge is 0.322 e. The first-order valence-corrected chi connectivity index (χ1v) is 9.95. The van der Waals surface area contributed by atoms with Gasteiger partial charge >= 0.3 is 0 Å². The third-order valence-electron chi connectivity index (χ3n) is 4.73. The van der Waals surface area contributed by atoms with E-state index in [0.717, 1.165) is 4.90 Å². The minimum absolute atomic E-state index is 0.267.